The summed E-state index contributed by atoms with van der Waals surface area (Å²) in [5, 5.41) is 4.37. The predicted molar refractivity (Wildman–Crippen MR) is 72.8 cm³/mol. The summed E-state index contributed by atoms with van der Waals surface area (Å²) < 4.78 is 14.0. The molecule has 2 heterocycles. The van der Waals surface area contributed by atoms with E-state index in [-0.39, 0.29) is 18.3 Å². The van der Waals surface area contributed by atoms with Crippen molar-refractivity contribution in [3.63, 3.8) is 0 Å². The molecule has 0 bridgehead atoms. The molecule has 1 saturated heterocycles. The first-order valence-electron chi connectivity index (χ1n) is 6.73. The van der Waals surface area contributed by atoms with Crippen molar-refractivity contribution in [2.45, 2.75) is 58.2 Å². The van der Waals surface area contributed by atoms with Crippen LogP contribution in [-0.4, -0.2) is 28.1 Å². The lowest BCUT2D eigenvalue weighted by atomic mass is 9.83. The Kier molecular flexibility index (Phi) is 3.56. The summed E-state index contributed by atoms with van der Waals surface area (Å²) in [6.45, 7) is 8.55. The molecular formula is C13H23BN2O2. The van der Waals surface area contributed by atoms with Crippen molar-refractivity contribution in [2.24, 2.45) is 7.05 Å². The maximum atomic E-state index is 6.17. The van der Waals surface area contributed by atoms with E-state index in [0.717, 1.165) is 18.4 Å². The molecule has 2 rings (SSSR count). The molecule has 0 aliphatic carbocycles. The van der Waals surface area contributed by atoms with E-state index in [4.69, 9.17) is 9.31 Å². The number of aromatic nitrogens is 2. The molecule has 1 atom stereocenters. The molecule has 4 nitrogen and oxygen atoms in total. The first-order chi connectivity index (χ1) is 8.38. The van der Waals surface area contributed by atoms with Gasteiger partial charge in [-0.2, -0.15) is 5.10 Å². The Morgan fingerprint density at radius 2 is 2.06 bits per heavy atom. The van der Waals surface area contributed by atoms with Gasteiger partial charge in [0.2, 0.25) is 0 Å². The summed E-state index contributed by atoms with van der Waals surface area (Å²) in [7, 11) is 1.56. The van der Waals surface area contributed by atoms with Crippen LogP contribution < -0.4 is 5.59 Å². The molecule has 5 heteroatoms. The second-order valence-electron chi connectivity index (χ2n) is 5.83. The lowest BCUT2D eigenvalue weighted by Gasteiger charge is -2.36. The average molecular weight is 250 g/mol. The van der Waals surface area contributed by atoms with E-state index < -0.39 is 0 Å². The molecule has 0 N–H and O–H groups in total. The first-order valence-corrected chi connectivity index (χ1v) is 6.73. The molecule has 0 saturated carbocycles. The lowest BCUT2D eigenvalue weighted by Crippen LogP contribution is -2.44. The fraction of sp³-hybridized carbons (Fsp3) is 0.769. The Morgan fingerprint density at radius 1 is 1.33 bits per heavy atom. The largest absolute Gasteiger partial charge is 0.516 e. The third kappa shape index (κ3) is 2.34. The van der Waals surface area contributed by atoms with Crippen LogP contribution in [0.15, 0.2) is 12.3 Å². The van der Waals surface area contributed by atoms with Crippen LogP contribution in [0.25, 0.3) is 0 Å². The molecule has 1 aliphatic rings. The highest BCUT2D eigenvalue weighted by Crippen LogP contribution is 2.40. The van der Waals surface area contributed by atoms with Crippen molar-refractivity contribution in [3.05, 3.63) is 12.3 Å². The fourth-order valence-electron chi connectivity index (χ4n) is 2.35. The van der Waals surface area contributed by atoms with Crippen LogP contribution >= 0.6 is 0 Å². The SMILES string of the molecule is CCCCC1(C)OB(c2ccn(C)n2)OC1(C)C. The van der Waals surface area contributed by atoms with Gasteiger partial charge in [-0.15, -0.1) is 0 Å². The molecule has 0 spiro atoms. The molecule has 100 valence electrons. The van der Waals surface area contributed by atoms with Crippen molar-refractivity contribution in [2.75, 3.05) is 0 Å². The number of unbranched alkanes of at least 4 members (excludes halogenated alkanes) is 1. The molecule has 1 aromatic rings. The molecule has 1 aromatic heterocycles. The van der Waals surface area contributed by atoms with Gasteiger partial charge in [-0.05, 0) is 33.3 Å². The number of hydrogen-bond donors (Lipinski definition) is 0. The van der Waals surface area contributed by atoms with Crippen LogP contribution in [0.5, 0.6) is 0 Å². The van der Waals surface area contributed by atoms with Crippen molar-refractivity contribution in [1.82, 2.24) is 9.78 Å². The van der Waals surface area contributed by atoms with Gasteiger partial charge in [0, 0.05) is 13.2 Å². The Morgan fingerprint density at radius 3 is 2.61 bits per heavy atom. The van der Waals surface area contributed by atoms with Gasteiger partial charge < -0.3 is 9.31 Å². The van der Waals surface area contributed by atoms with Gasteiger partial charge in [0.25, 0.3) is 0 Å². The van der Waals surface area contributed by atoms with Crippen LogP contribution in [0.1, 0.15) is 47.0 Å². The molecule has 1 unspecified atom stereocenters. The summed E-state index contributed by atoms with van der Waals surface area (Å²) in [5.41, 5.74) is 0.320. The van der Waals surface area contributed by atoms with Gasteiger partial charge in [0.1, 0.15) is 0 Å². The van der Waals surface area contributed by atoms with E-state index in [0.29, 0.717) is 0 Å². The predicted octanol–water partition coefficient (Wildman–Crippen LogP) is 1.89. The lowest BCUT2D eigenvalue weighted by molar-refractivity contribution is -0.0169. The molecule has 18 heavy (non-hydrogen) atoms. The van der Waals surface area contributed by atoms with Gasteiger partial charge in [-0.25, -0.2) is 0 Å². The highest BCUT2D eigenvalue weighted by Gasteiger charge is 2.54. The number of aryl methyl sites for hydroxylation is 1. The van der Waals surface area contributed by atoms with Crippen molar-refractivity contribution in [3.8, 4) is 0 Å². The smallest absolute Gasteiger partial charge is 0.398 e. The van der Waals surface area contributed by atoms with Gasteiger partial charge in [-0.3, -0.25) is 4.68 Å². The molecule has 0 radical (unpaired) electrons. The van der Waals surface area contributed by atoms with E-state index in [9.17, 15) is 0 Å². The molecular weight excluding hydrogens is 227 g/mol. The number of hydrogen-bond acceptors (Lipinski definition) is 3. The maximum absolute atomic E-state index is 6.17. The van der Waals surface area contributed by atoms with E-state index >= 15 is 0 Å². The fourth-order valence-corrected chi connectivity index (χ4v) is 2.35. The zero-order valence-corrected chi connectivity index (χ0v) is 12.1. The summed E-state index contributed by atoms with van der Waals surface area (Å²) in [4.78, 5) is 0. The summed E-state index contributed by atoms with van der Waals surface area (Å²) in [6, 6.07) is 1.95. The summed E-state index contributed by atoms with van der Waals surface area (Å²) >= 11 is 0. The monoisotopic (exact) mass is 250 g/mol. The van der Waals surface area contributed by atoms with Crippen LogP contribution in [-0.2, 0) is 16.4 Å². The Bertz CT molecular complexity index is 419. The third-order valence-electron chi connectivity index (χ3n) is 4.03. The Labute approximate surface area is 110 Å². The van der Waals surface area contributed by atoms with E-state index in [1.54, 1.807) is 4.68 Å². The normalized spacial score (nSPS) is 26.8. The van der Waals surface area contributed by atoms with Crippen molar-refractivity contribution in [1.29, 1.82) is 0 Å². The quantitative estimate of drug-likeness (QED) is 0.765. The minimum absolute atomic E-state index is 0.245. The van der Waals surface area contributed by atoms with E-state index in [1.807, 2.05) is 19.3 Å². The van der Waals surface area contributed by atoms with Crippen molar-refractivity contribution < 1.29 is 9.31 Å². The molecule has 0 aromatic carbocycles. The zero-order valence-electron chi connectivity index (χ0n) is 12.1. The summed E-state index contributed by atoms with van der Waals surface area (Å²) in [6.07, 6.45) is 5.25. The Balaban J connectivity index is 2.16. The average Bonchev–Trinajstić information content (AvgIpc) is 2.80. The zero-order chi connectivity index (χ0) is 13.4. The van der Waals surface area contributed by atoms with E-state index in [2.05, 4.69) is 32.8 Å². The van der Waals surface area contributed by atoms with Crippen LogP contribution in [0.4, 0.5) is 0 Å². The van der Waals surface area contributed by atoms with Gasteiger partial charge >= 0.3 is 7.12 Å². The van der Waals surface area contributed by atoms with Crippen molar-refractivity contribution >= 4 is 12.7 Å². The van der Waals surface area contributed by atoms with Gasteiger partial charge in [-0.1, -0.05) is 19.8 Å². The highest BCUT2D eigenvalue weighted by molar-refractivity contribution is 6.61. The standard InChI is InChI=1S/C13H23BN2O2/c1-6-7-9-13(4)12(2,3)17-14(18-13)11-8-10-16(5)15-11/h8,10H,6-7,9H2,1-5H3. The minimum Gasteiger partial charge on any atom is -0.398 e. The number of nitrogens with zero attached hydrogens (tertiary/aromatic N) is 2. The van der Waals surface area contributed by atoms with Crippen LogP contribution in [0.3, 0.4) is 0 Å². The minimum atomic E-state index is -0.344. The molecule has 1 fully saturated rings. The van der Waals surface area contributed by atoms with Crippen LogP contribution in [0.2, 0.25) is 0 Å². The van der Waals surface area contributed by atoms with Crippen LogP contribution in [0, 0.1) is 0 Å². The Hall–Kier alpha value is -0.805. The second-order valence-corrected chi connectivity index (χ2v) is 5.83. The van der Waals surface area contributed by atoms with Gasteiger partial charge in [0.05, 0.1) is 16.8 Å². The second kappa shape index (κ2) is 4.70. The third-order valence-corrected chi connectivity index (χ3v) is 4.03. The topological polar surface area (TPSA) is 36.3 Å². The molecule has 0 amide bonds. The highest BCUT2D eigenvalue weighted by atomic mass is 16.7. The maximum Gasteiger partial charge on any atom is 0.516 e. The summed E-state index contributed by atoms with van der Waals surface area (Å²) in [5.74, 6) is 0. The molecule has 1 aliphatic heterocycles. The first kappa shape index (κ1) is 13.6. The van der Waals surface area contributed by atoms with Gasteiger partial charge in [0.15, 0.2) is 0 Å². The van der Waals surface area contributed by atoms with E-state index in [1.165, 1.54) is 6.42 Å². The number of rotatable bonds is 4.